The zero-order valence-electron chi connectivity index (χ0n) is 12.1. The molecule has 0 spiro atoms. The van der Waals surface area contributed by atoms with Gasteiger partial charge in [-0.2, -0.15) is 0 Å². The van der Waals surface area contributed by atoms with Crippen molar-refractivity contribution in [2.45, 2.75) is 27.7 Å². The van der Waals surface area contributed by atoms with Gasteiger partial charge in [-0.15, -0.1) is 0 Å². The molecular formula is C10H25NO6P2. The molecule has 0 atom stereocenters. The third kappa shape index (κ3) is 8.20. The highest BCUT2D eigenvalue weighted by Gasteiger charge is 2.27. The highest BCUT2D eigenvalue weighted by Crippen LogP contribution is 2.49. The van der Waals surface area contributed by atoms with E-state index in [9.17, 15) is 9.13 Å². The molecule has 0 heterocycles. The molecule has 0 fully saturated rings. The molecule has 0 aliphatic carbocycles. The molecule has 0 aromatic heterocycles. The van der Waals surface area contributed by atoms with E-state index in [-0.39, 0.29) is 25.9 Å². The minimum Gasteiger partial charge on any atom is -0.309 e. The number of hydrogen-bond acceptors (Lipinski definition) is 6. The van der Waals surface area contributed by atoms with Gasteiger partial charge in [0.2, 0.25) is 0 Å². The van der Waals surface area contributed by atoms with E-state index in [1.807, 2.05) is 0 Å². The average molecular weight is 317 g/mol. The van der Waals surface area contributed by atoms with Crippen molar-refractivity contribution in [3.8, 4) is 0 Å². The summed E-state index contributed by atoms with van der Waals surface area (Å²) in [5, 5.41) is 2.65. The number of rotatable bonds is 12. The first-order valence-electron chi connectivity index (χ1n) is 6.47. The lowest BCUT2D eigenvalue weighted by Crippen LogP contribution is -2.20. The van der Waals surface area contributed by atoms with Crippen LogP contribution in [-0.4, -0.2) is 39.1 Å². The predicted octanol–water partition coefficient (Wildman–Crippen LogP) is 3.02. The topological polar surface area (TPSA) is 83.1 Å². The van der Waals surface area contributed by atoms with Gasteiger partial charge < -0.3 is 9.05 Å². The quantitative estimate of drug-likeness (QED) is 0.554. The molecule has 0 amide bonds. The van der Waals surface area contributed by atoms with Crippen LogP contribution in [0.2, 0.25) is 0 Å². The summed E-state index contributed by atoms with van der Waals surface area (Å²) in [7, 11) is -6.46. The van der Waals surface area contributed by atoms with Crippen LogP contribution in [0.4, 0.5) is 0 Å². The summed E-state index contributed by atoms with van der Waals surface area (Å²) >= 11 is 0. The fourth-order valence-electron chi connectivity index (χ4n) is 1.35. The first-order chi connectivity index (χ1) is 8.95. The van der Waals surface area contributed by atoms with Gasteiger partial charge in [0.05, 0.1) is 32.6 Å². The van der Waals surface area contributed by atoms with Gasteiger partial charge in [-0.25, -0.2) is 9.65 Å². The zero-order chi connectivity index (χ0) is 14.8. The van der Waals surface area contributed by atoms with Gasteiger partial charge in [0.25, 0.3) is 0 Å². The van der Waals surface area contributed by atoms with Crippen molar-refractivity contribution in [2.24, 2.45) is 0 Å². The van der Waals surface area contributed by atoms with Gasteiger partial charge in [0.15, 0.2) is 0 Å². The molecule has 0 saturated carbocycles. The van der Waals surface area contributed by atoms with E-state index >= 15 is 0 Å². The normalized spacial score (nSPS) is 12.8. The van der Waals surface area contributed by atoms with Crippen molar-refractivity contribution in [1.82, 2.24) is 5.09 Å². The summed E-state index contributed by atoms with van der Waals surface area (Å²) in [4.78, 5) is 0. The number of nitrogens with one attached hydrogen (secondary N) is 1. The van der Waals surface area contributed by atoms with Crippen LogP contribution in [0.3, 0.4) is 0 Å². The molecule has 0 bridgehead atoms. The summed E-state index contributed by atoms with van der Waals surface area (Å²) < 4.78 is 44.6. The Morgan fingerprint density at radius 3 is 1.58 bits per heavy atom. The van der Waals surface area contributed by atoms with Crippen LogP contribution in [0.25, 0.3) is 0 Å². The van der Waals surface area contributed by atoms with Crippen molar-refractivity contribution in [3.05, 3.63) is 0 Å². The Morgan fingerprint density at radius 2 is 1.21 bits per heavy atom. The van der Waals surface area contributed by atoms with Crippen LogP contribution >= 0.6 is 15.3 Å². The summed E-state index contributed by atoms with van der Waals surface area (Å²) in [6.07, 6.45) is 0.110. The molecular weight excluding hydrogens is 292 g/mol. The Labute approximate surface area is 115 Å². The molecule has 0 saturated heterocycles. The maximum Gasteiger partial charge on any atom is 0.405 e. The molecule has 0 aromatic carbocycles. The second-order valence-electron chi connectivity index (χ2n) is 3.41. The maximum atomic E-state index is 12.2. The molecule has 0 aliphatic rings. The average Bonchev–Trinajstić information content (AvgIpc) is 2.29. The van der Waals surface area contributed by atoms with E-state index in [0.29, 0.717) is 13.2 Å². The number of hydrogen-bond donors (Lipinski definition) is 1. The summed E-state index contributed by atoms with van der Waals surface area (Å²) in [6.45, 7) is 8.20. The van der Waals surface area contributed by atoms with Crippen molar-refractivity contribution < 1.29 is 27.2 Å². The van der Waals surface area contributed by atoms with Crippen LogP contribution in [-0.2, 0) is 27.2 Å². The second kappa shape index (κ2) is 10.1. The first-order valence-corrected chi connectivity index (χ1v) is 9.74. The van der Waals surface area contributed by atoms with Crippen LogP contribution in [0.5, 0.6) is 0 Å². The van der Waals surface area contributed by atoms with Gasteiger partial charge in [-0.05, 0) is 27.7 Å². The summed E-state index contributed by atoms with van der Waals surface area (Å²) in [6, 6.07) is 0. The molecule has 0 aromatic rings. The molecule has 19 heavy (non-hydrogen) atoms. The van der Waals surface area contributed by atoms with E-state index in [2.05, 4.69) is 5.09 Å². The Balaban J connectivity index is 4.36. The third-order valence-corrected chi connectivity index (χ3v) is 5.82. The lowest BCUT2D eigenvalue weighted by atomic mass is 10.8. The monoisotopic (exact) mass is 317 g/mol. The van der Waals surface area contributed by atoms with E-state index in [1.54, 1.807) is 27.7 Å². The molecule has 1 N–H and O–H groups in total. The van der Waals surface area contributed by atoms with Crippen LogP contribution in [0.15, 0.2) is 0 Å². The van der Waals surface area contributed by atoms with E-state index in [1.165, 1.54) is 0 Å². The van der Waals surface area contributed by atoms with E-state index in [4.69, 9.17) is 18.1 Å². The molecule has 0 radical (unpaired) electrons. The smallest absolute Gasteiger partial charge is 0.309 e. The Hall–Kier alpha value is 0.260. The van der Waals surface area contributed by atoms with Crippen molar-refractivity contribution in [2.75, 3.05) is 39.1 Å². The first kappa shape index (κ1) is 19.3. The van der Waals surface area contributed by atoms with Gasteiger partial charge >= 0.3 is 15.3 Å². The van der Waals surface area contributed by atoms with Gasteiger partial charge in [-0.1, -0.05) is 0 Å². The second-order valence-corrected chi connectivity index (χ2v) is 7.42. The third-order valence-electron chi connectivity index (χ3n) is 1.94. The zero-order valence-corrected chi connectivity index (χ0v) is 13.9. The van der Waals surface area contributed by atoms with Crippen LogP contribution in [0.1, 0.15) is 27.7 Å². The summed E-state index contributed by atoms with van der Waals surface area (Å²) in [5.41, 5.74) is 0. The lowest BCUT2D eigenvalue weighted by Gasteiger charge is -2.20. The molecule has 0 rings (SSSR count). The van der Waals surface area contributed by atoms with E-state index in [0.717, 1.165) is 0 Å². The lowest BCUT2D eigenvalue weighted by molar-refractivity contribution is 0.209. The fourth-order valence-corrected chi connectivity index (χ4v) is 4.36. The van der Waals surface area contributed by atoms with Gasteiger partial charge in [0, 0.05) is 6.54 Å². The summed E-state index contributed by atoms with van der Waals surface area (Å²) in [5.74, 6) is 0. The van der Waals surface area contributed by atoms with Gasteiger partial charge in [0.1, 0.15) is 0 Å². The Morgan fingerprint density at radius 1 is 0.789 bits per heavy atom. The van der Waals surface area contributed by atoms with Crippen LogP contribution in [0, 0.1) is 0 Å². The van der Waals surface area contributed by atoms with Crippen molar-refractivity contribution >= 4 is 15.3 Å². The maximum absolute atomic E-state index is 12.2. The largest absolute Gasteiger partial charge is 0.405 e. The molecule has 7 nitrogen and oxygen atoms in total. The minimum absolute atomic E-state index is 0.110. The Kier molecular flexibility index (Phi) is 10.2. The molecule has 116 valence electrons. The van der Waals surface area contributed by atoms with Crippen molar-refractivity contribution in [1.29, 1.82) is 0 Å². The highest BCUT2D eigenvalue weighted by molar-refractivity contribution is 7.54. The Bertz CT molecular complexity index is 275. The molecule has 9 heteroatoms. The van der Waals surface area contributed by atoms with Crippen LogP contribution < -0.4 is 5.09 Å². The molecule has 0 unspecified atom stereocenters. The molecule has 0 aliphatic heterocycles. The predicted molar refractivity (Wildman–Crippen MR) is 74.6 cm³/mol. The minimum atomic E-state index is -3.33. The highest BCUT2D eigenvalue weighted by atomic mass is 31.2. The van der Waals surface area contributed by atoms with Gasteiger partial charge in [-0.3, -0.25) is 13.6 Å². The SMILES string of the molecule is CCOP(=O)(CCNP(=O)(OCC)OCC)OCC. The van der Waals surface area contributed by atoms with E-state index < -0.39 is 15.3 Å². The fraction of sp³-hybridized carbons (Fsp3) is 1.00. The van der Waals surface area contributed by atoms with Crippen molar-refractivity contribution in [3.63, 3.8) is 0 Å². The standard InChI is InChI=1S/C10H25NO6P2/c1-5-14-18(12,15-6-2)10-9-11-19(13,16-7-3)17-8-4/h5-10H2,1-4H3,(H,11,13).